The van der Waals surface area contributed by atoms with Crippen molar-refractivity contribution in [2.45, 2.75) is 0 Å². The summed E-state index contributed by atoms with van der Waals surface area (Å²) in [5.74, 6) is 1.21. The number of amides is 1. The summed E-state index contributed by atoms with van der Waals surface area (Å²) in [5, 5.41) is 3.13. The van der Waals surface area contributed by atoms with Crippen molar-refractivity contribution in [3.63, 3.8) is 0 Å². The monoisotopic (exact) mass is 419 g/mol. The zero-order valence-electron chi connectivity index (χ0n) is 16.8. The summed E-state index contributed by atoms with van der Waals surface area (Å²) in [7, 11) is 3.78. The molecule has 0 fully saturated rings. The Bertz CT molecular complexity index is 1020. The molecule has 0 aliphatic carbocycles. The second kappa shape index (κ2) is 8.29. The molecule has 0 unspecified atom stereocenters. The van der Waals surface area contributed by atoms with Crippen LogP contribution in [0.1, 0.15) is 11.1 Å². The zero-order chi connectivity index (χ0) is 21.2. The Morgan fingerprint density at radius 1 is 0.931 bits per heavy atom. The first-order valence-corrected chi connectivity index (χ1v) is 10.1. The molecule has 1 amide bonds. The second-order valence-electron chi connectivity index (χ2n) is 6.06. The highest BCUT2D eigenvalue weighted by atomic mass is 31.2. The molecular weight excluding hydrogens is 397 g/mol. The van der Waals surface area contributed by atoms with Crippen molar-refractivity contribution in [1.29, 1.82) is 0 Å². The van der Waals surface area contributed by atoms with Crippen molar-refractivity contribution >= 4 is 36.1 Å². The van der Waals surface area contributed by atoms with E-state index in [-0.39, 0.29) is 5.91 Å². The lowest BCUT2D eigenvalue weighted by Crippen LogP contribution is -2.09. The van der Waals surface area contributed by atoms with Gasteiger partial charge in [-0.05, 0) is 24.3 Å². The molecule has 0 spiro atoms. The molecule has 0 saturated heterocycles. The number of benzene rings is 2. The number of carbonyl (C=O) groups is 1. The number of nitrogens with one attached hydrogen (secondary N) is 1. The van der Waals surface area contributed by atoms with E-state index in [1.807, 2.05) is 0 Å². The van der Waals surface area contributed by atoms with E-state index in [2.05, 4.69) is 5.32 Å². The summed E-state index contributed by atoms with van der Waals surface area (Å²) in [6.45, 7) is 0. The van der Waals surface area contributed by atoms with Gasteiger partial charge >= 0.3 is 7.60 Å². The predicted octanol–water partition coefficient (Wildman–Crippen LogP) is 3.32. The van der Waals surface area contributed by atoms with Gasteiger partial charge in [0.15, 0.2) is 11.5 Å². The molecule has 3 rings (SSSR count). The van der Waals surface area contributed by atoms with Crippen molar-refractivity contribution in [3.05, 3.63) is 41.5 Å². The average Bonchev–Trinajstić information content (AvgIpc) is 3.06. The lowest BCUT2D eigenvalue weighted by molar-refractivity contribution is -0.110. The van der Waals surface area contributed by atoms with E-state index >= 15 is 0 Å². The minimum Gasteiger partial charge on any atom is -0.497 e. The molecule has 0 radical (unpaired) electrons. The average molecular weight is 419 g/mol. The molecule has 9 heteroatoms. The number of fused-ring (bicyclic) bond motifs is 1. The van der Waals surface area contributed by atoms with Crippen LogP contribution in [0, 0.1) is 0 Å². The van der Waals surface area contributed by atoms with Gasteiger partial charge in [-0.3, -0.25) is 9.36 Å². The van der Waals surface area contributed by atoms with Crippen LogP contribution in [0.3, 0.4) is 0 Å². The molecule has 1 aliphatic rings. The fourth-order valence-electron chi connectivity index (χ4n) is 3.13. The van der Waals surface area contributed by atoms with Crippen LogP contribution in [0.25, 0.3) is 11.6 Å². The number of methoxy groups -OCH3 is 3. The largest absolute Gasteiger partial charge is 0.497 e. The molecule has 29 heavy (non-hydrogen) atoms. The van der Waals surface area contributed by atoms with E-state index in [1.165, 1.54) is 28.4 Å². The lowest BCUT2D eigenvalue weighted by atomic mass is 10.0. The van der Waals surface area contributed by atoms with Crippen LogP contribution in [0.15, 0.2) is 30.3 Å². The Morgan fingerprint density at radius 3 is 2.24 bits per heavy atom. The normalized spacial score (nSPS) is 14.5. The summed E-state index contributed by atoms with van der Waals surface area (Å²) >= 11 is 0. The summed E-state index contributed by atoms with van der Waals surface area (Å²) in [6, 6.07) is 8.35. The zero-order valence-corrected chi connectivity index (χ0v) is 17.7. The molecule has 0 saturated carbocycles. The maximum atomic E-state index is 12.6. The van der Waals surface area contributed by atoms with Gasteiger partial charge in [0.1, 0.15) is 5.75 Å². The highest BCUT2D eigenvalue weighted by molar-refractivity contribution is 7.62. The van der Waals surface area contributed by atoms with Crippen LogP contribution in [-0.4, -0.2) is 41.5 Å². The molecule has 154 valence electrons. The summed E-state index contributed by atoms with van der Waals surface area (Å²) in [4.78, 5) is 12.6. The Morgan fingerprint density at radius 2 is 1.66 bits per heavy atom. The Kier molecular flexibility index (Phi) is 5.98. The van der Waals surface area contributed by atoms with E-state index in [1.54, 1.807) is 43.5 Å². The molecular formula is C20H22NO7P. The van der Waals surface area contributed by atoms with Crippen molar-refractivity contribution in [2.75, 3.05) is 40.9 Å². The van der Waals surface area contributed by atoms with Gasteiger partial charge < -0.3 is 28.6 Å². The van der Waals surface area contributed by atoms with Gasteiger partial charge in [0.25, 0.3) is 5.91 Å². The third-order valence-electron chi connectivity index (χ3n) is 4.60. The molecule has 1 aliphatic heterocycles. The molecule has 2 aromatic carbocycles. The van der Waals surface area contributed by atoms with Crippen molar-refractivity contribution < 1.29 is 32.6 Å². The predicted molar refractivity (Wildman–Crippen MR) is 110 cm³/mol. The maximum Gasteiger partial charge on any atom is 0.360 e. The Hall–Kier alpha value is -2.80. The summed E-state index contributed by atoms with van der Waals surface area (Å²) in [5.41, 5.74) is 2.21. The van der Waals surface area contributed by atoms with Crippen molar-refractivity contribution in [3.8, 4) is 17.2 Å². The Balaban J connectivity index is 2.12. The molecule has 0 atom stereocenters. The quantitative estimate of drug-likeness (QED) is 0.544. The van der Waals surface area contributed by atoms with Gasteiger partial charge in [-0.25, -0.2) is 0 Å². The molecule has 8 nitrogen and oxygen atoms in total. The standard InChI is InChI=1S/C20H22NO7P/c1-24-13-8-12(19(26-3)18(10-13)25-2)9-16-15-7-6-14(29(23,27-4)28-5)11-17(15)21-20(16)22/h6-11H,1-5H3,(H,21,22). The van der Waals surface area contributed by atoms with E-state index in [4.69, 9.17) is 23.3 Å². The minimum atomic E-state index is -3.43. The minimum absolute atomic E-state index is 0.300. The number of hydrogen-bond donors (Lipinski definition) is 1. The van der Waals surface area contributed by atoms with Crippen molar-refractivity contribution in [1.82, 2.24) is 0 Å². The SMILES string of the molecule is COc1cc(C=C2C(=O)Nc3cc(P(=O)(OC)OC)ccc32)c(OC)c(OC)c1. The van der Waals surface area contributed by atoms with Crippen LogP contribution in [-0.2, 0) is 18.4 Å². The van der Waals surface area contributed by atoms with E-state index in [0.717, 1.165) is 0 Å². The van der Waals surface area contributed by atoms with E-state index in [9.17, 15) is 9.36 Å². The third kappa shape index (κ3) is 3.74. The smallest absolute Gasteiger partial charge is 0.360 e. The second-order valence-corrected chi connectivity index (χ2v) is 8.30. The fraction of sp³-hybridized carbons (Fsp3) is 0.250. The molecule has 1 heterocycles. The Labute approximate surface area is 168 Å². The number of ether oxygens (including phenoxy) is 3. The number of rotatable bonds is 7. The van der Waals surface area contributed by atoms with E-state index < -0.39 is 7.60 Å². The van der Waals surface area contributed by atoms with Gasteiger partial charge in [0.05, 0.1) is 26.6 Å². The lowest BCUT2D eigenvalue weighted by Gasteiger charge is -2.14. The van der Waals surface area contributed by atoms with Gasteiger partial charge in [-0.1, -0.05) is 6.07 Å². The van der Waals surface area contributed by atoms with Crippen LogP contribution in [0.2, 0.25) is 0 Å². The first-order valence-electron chi connectivity index (χ1n) is 8.60. The topological polar surface area (TPSA) is 92.3 Å². The van der Waals surface area contributed by atoms with Crippen LogP contribution in [0.5, 0.6) is 17.2 Å². The highest BCUT2D eigenvalue weighted by Crippen LogP contribution is 2.47. The first kappa shape index (κ1) is 20.9. The van der Waals surface area contributed by atoms with Crippen LogP contribution in [0.4, 0.5) is 5.69 Å². The highest BCUT2D eigenvalue weighted by Gasteiger charge is 2.30. The van der Waals surface area contributed by atoms with Gasteiger partial charge in [0, 0.05) is 42.7 Å². The molecule has 1 N–H and O–H groups in total. The maximum absolute atomic E-state index is 12.6. The van der Waals surface area contributed by atoms with Gasteiger partial charge in [0.2, 0.25) is 0 Å². The van der Waals surface area contributed by atoms with Crippen LogP contribution < -0.4 is 24.8 Å². The third-order valence-corrected chi connectivity index (χ3v) is 6.47. The summed E-state index contributed by atoms with van der Waals surface area (Å²) < 4.78 is 38.8. The van der Waals surface area contributed by atoms with E-state index in [0.29, 0.717) is 44.9 Å². The molecule has 0 bridgehead atoms. The van der Waals surface area contributed by atoms with Crippen LogP contribution >= 0.6 is 7.60 Å². The fourth-order valence-corrected chi connectivity index (χ4v) is 4.24. The molecule has 0 aromatic heterocycles. The molecule has 2 aromatic rings. The number of hydrogen-bond acceptors (Lipinski definition) is 7. The van der Waals surface area contributed by atoms with Gasteiger partial charge in [-0.2, -0.15) is 0 Å². The first-order chi connectivity index (χ1) is 13.9. The number of anilines is 1. The summed E-state index contributed by atoms with van der Waals surface area (Å²) in [6.07, 6.45) is 1.69. The van der Waals surface area contributed by atoms with Gasteiger partial charge in [-0.15, -0.1) is 0 Å². The van der Waals surface area contributed by atoms with Crippen molar-refractivity contribution in [2.24, 2.45) is 0 Å². The number of carbonyl (C=O) groups excluding carboxylic acids is 1.